The van der Waals surface area contributed by atoms with Crippen molar-refractivity contribution < 1.29 is 27.8 Å². The molecule has 1 heterocycles. The maximum atomic E-state index is 13.7. The Morgan fingerprint density at radius 1 is 1.00 bits per heavy atom. The SMILES string of the molecule is CC(C)(C)OC(=O)NC1(c2ccc(F)c(F)c2)CN(C(=O)OC(C)(C)C)C1. The average molecular weight is 384 g/mol. The molecular formula is C19H26F2N2O4. The Balaban J connectivity index is 2.22. The molecule has 0 aliphatic carbocycles. The van der Waals surface area contributed by atoms with Gasteiger partial charge in [-0.3, -0.25) is 0 Å². The number of alkyl carbamates (subject to hydrolysis) is 1. The summed E-state index contributed by atoms with van der Waals surface area (Å²) in [6, 6.07) is 3.38. The number of hydrogen-bond acceptors (Lipinski definition) is 4. The number of ether oxygens (including phenoxy) is 2. The second-order valence-electron chi connectivity index (χ2n) is 8.67. The minimum absolute atomic E-state index is 0.0478. The van der Waals surface area contributed by atoms with Crippen LogP contribution in [0.1, 0.15) is 47.1 Å². The lowest BCUT2D eigenvalue weighted by molar-refractivity contribution is -0.0230. The van der Waals surface area contributed by atoms with Crippen LogP contribution in [-0.2, 0) is 15.0 Å². The first-order valence-corrected chi connectivity index (χ1v) is 8.65. The van der Waals surface area contributed by atoms with Gasteiger partial charge in [-0.2, -0.15) is 0 Å². The third kappa shape index (κ3) is 5.30. The van der Waals surface area contributed by atoms with Crippen molar-refractivity contribution in [3.05, 3.63) is 35.4 Å². The smallest absolute Gasteiger partial charge is 0.410 e. The van der Waals surface area contributed by atoms with E-state index in [9.17, 15) is 18.4 Å². The molecule has 1 aliphatic rings. The van der Waals surface area contributed by atoms with E-state index in [4.69, 9.17) is 9.47 Å². The van der Waals surface area contributed by atoms with E-state index >= 15 is 0 Å². The lowest BCUT2D eigenvalue weighted by Crippen LogP contribution is -2.69. The number of carbonyl (C=O) groups excluding carboxylic acids is 2. The first kappa shape index (κ1) is 20.9. The Morgan fingerprint density at radius 3 is 2.04 bits per heavy atom. The summed E-state index contributed by atoms with van der Waals surface area (Å²) in [5.41, 5.74) is -2.15. The number of benzene rings is 1. The van der Waals surface area contributed by atoms with Crippen LogP contribution in [0.5, 0.6) is 0 Å². The predicted octanol–water partition coefficient (Wildman–Crippen LogP) is 3.94. The lowest BCUT2D eigenvalue weighted by Gasteiger charge is -2.50. The van der Waals surface area contributed by atoms with Gasteiger partial charge in [-0.15, -0.1) is 0 Å². The molecule has 0 spiro atoms. The van der Waals surface area contributed by atoms with Crippen molar-refractivity contribution in [2.45, 2.75) is 58.3 Å². The highest BCUT2D eigenvalue weighted by molar-refractivity contribution is 5.73. The van der Waals surface area contributed by atoms with Gasteiger partial charge in [0.15, 0.2) is 11.6 Å². The Morgan fingerprint density at radius 2 is 1.56 bits per heavy atom. The van der Waals surface area contributed by atoms with Gasteiger partial charge in [0.05, 0.1) is 13.1 Å². The van der Waals surface area contributed by atoms with E-state index in [2.05, 4.69) is 5.32 Å². The molecule has 27 heavy (non-hydrogen) atoms. The summed E-state index contributed by atoms with van der Waals surface area (Å²) < 4.78 is 37.6. The molecule has 0 atom stereocenters. The van der Waals surface area contributed by atoms with Gasteiger partial charge in [-0.25, -0.2) is 18.4 Å². The van der Waals surface area contributed by atoms with Crippen LogP contribution in [0.25, 0.3) is 0 Å². The zero-order valence-electron chi connectivity index (χ0n) is 16.5. The van der Waals surface area contributed by atoms with Crippen LogP contribution in [0.15, 0.2) is 18.2 Å². The van der Waals surface area contributed by atoms with Gasteiger partial charge >= 0.3 is 12.2 Å². The van der Waals surface area contributed by atoms with Crippen LogP contribution in [0.2, 0.25) is 0 Å². The zero-order chi connectivity index (χ0) is 20.6. The number of halogens is 2. The van der Waals surface area contributed by atoms with Gasteiger partial charge in [-0.05, 0) is 59.2 Å². The summed E-state index contributed by atoms with van der Waals surface area (Å²) in [6.45, 7) is 10.5. The van der Waals surface area contributed by atoms with Gasteiger partial charge < -0.3 is 19.7 Å². The van der Waals surface area contributed by atoms with Gasteiger partial charge in [0.1, 0.15) is 16.7 Å². The summed E-state index contributed by atoms with van der Waals surface area (Å²) in [7, 11) is 0. The van der Waals surface area contributed by atoms with Crippen molar-refractivity contribution in [3.8, 4) is 0 Å². The Kier molecular flexibility index (Phi) is 5.41. The van der Waals surface area contributed by atoms with Crippen molar-refractivity contribution >= 4 is 12.2 Å². The van der Waals surface area contributed by atoms with Crippen molar-refractivity contribution in [3.63, 3.8) is 0 Å². The molecule has 0 saturated carbocycles. The highest BCUT2D eigenvalue weighted by Gasteiger charge is 2.49. The second kappa shape index (κ2) is 6.98. The van der Waals surface area contributed by atoms with E-state index in [1.165, 1.54) is 11.0 Å². The monoisotopic (exact) mass is 384 g/mol. The molecule has 0 bridgehead atoms. The predicted molar refractivity (Wildman–Crippen MR) is 95.2 cm³/mol. The highest BCUT2D eigenvalue weighted by Crippen LogP contribution is 2.34. The van der Waals surface area contributed by atoms with Crippen molar-refractivity contribution in [2.75, 3.05) is 13.1 Å². The fraction of sp³-hybridized carbons (Fsp3) is 0.579. The minimum Gasteiger partial charge on any atom is -0.444 e. The fourth-order valence-electron chi connectivity index (χ4n) is 2.69. The number of hydrogen-bond donors (Lipinski definition) is 1. The fourth-order valence-corrected chi connectivity index (χ4v) is 2.69. The molecule has 1 aromatic rings. The second-order valence-corrected chi connectivity index (χ2v) is 8.67. The van der Waals surface area contributed by atoms with Crippen LogP contribution in [0.4, 0.5) is 18.4 Å². The number of likely N-dealkylation sites (tertiary alicyclic amines) is 1. The van der Waals surface area contributed by atoms with Crippen molar-refractivity contribution in [1.29, 1.82) is 0 Å². The summed E-state index contributed by atoms with van der Waals surface area (Å²) in [5, 5.41) is 2.70. The van der Waals surface area contributed by atoms with E-state index in [1.54, 1.807) is 41.5 Å². The molecular weight excluding hydrogens is 358 g/mol. The molecule has 150 valence electrons. The van der Waals surface area contributed by atoms with E-state index in [0.717, 1.165) is 12.1 Å². The number of nitrogens with one attached hydrogen (secondary N) is 1. The molecule has 6 nitrogen and oxygen atoms in total. The molecule has 1 aromatic carbocycles. The van der Waals surface area contributed by atoms with Crippen LogP contribution >= 0.6 is 0 Å². The number of rotatable bonds is 2. The standard InChI is InChI=1S/C19H26F2N2O4/c1-17(2,3)26-15(24)22-19(12-7-8-13(20)14(21)9-12)10-23(11-19)16(25)27-18(4,5)6/h7-9H,10-11H2,1-6H3,(H,22,24). The summed E-state index contributed by atoms with van der Waals surface area (Å²) in [4.78, 5) is 25.9. The van der Waals surface area contributed by atoms with Crippen LogP contribution in [0.3, 0.4) is 0 Å². The molecule has 1 N–H and O–H groups in total. The molecule has 2 amide bonds. The minimum atomic E-state index is -1.09. The Hall–Kier alpha value is -2.38. The lowest BCUT2D eigenvalue weighted by atomic mass is 9.82. The Bertz CT molecular complexity index is 732. The van der Waals surface area contributed by atoms with Gasteiger partial charge in [-0.1, -0.05) is 6.07 Å². The zero-order valence-corrected chi connectivity index (χ0v) is 16.5. The van der Waals surface area contributed by atoms with Crippen LogP contribution < -0.4 is 5.32 Å². The molecule has 1 aliphatic heterocycles. The van der Waals surface area contributed by atoms with Gasteiger partial charge in [0, 0.05) is 0 Å². The largest absolute Gasteiger partial charge is 0.444 e. The highest BCUT2D eigenvalue weighted by atomic mass is 19.2. The normalized spacial score (nSPS) is 16.4. The molecule has 2 rings (SSSR count). The molecule has 0 aromatic heterocycles. The van der Waals surface area contributed by atoms with Gasteiger partial charge in [0.2, 0.25) is 0 Å². The molecule has 8 heteroatoms. The van der Waals surface area contributed by atoms with Crippen LogP contribution in [-0.4, -0.2) is 41.4 Å². The molecule has 0 radical (unpaired) electrons. The topological polar surface area (TPSA) is 67.9 Å². The number of amides is 2. The van der Waals surface area contributed by atoms with Gasteiger partial charge in [0.25, 0.3) is 0 Å². The van der Waals surface area contributed by atoms with E-state index < -0.39 is 40.6 Å². The summed E-state index contributed by atoms with van der Waals surface area (Å²) in [6.07, 6.45) is -1.26. The van der Waals surface area contributed by atoms with E-state index in [0.29, 0.717) is 5.56 Å². The number of carbonyl (C=O) groups is 2. The maximum Gasteiger partial charge on any atom is 0.410 e. The van der Waals surface area contributed by atoms with Crippen LogP contribution in [0, 0.1) is 11.6 Å². The first-order valence-electron chi connectivity index (χ1n) is 8.65. The van der Waals surface area contributed by atoms with E-state index in [-0.39, 0.29) is 13.1 Å². The average Bonchev–Trinajstić information content (AvgIpc) is 2.41. The summed E-state index contributed by atoms with van der Waals surface area (Å²) >= 11 is 0. The maximum absolute atomic E-state index is 13.7. The summed E-state index contributed by atoms with van der Waals surface area (Å²) in [5.74, 6) is -2.02. The first-order chi connectivity index (χ1) is 12.2. The Labute approximate surface area is 157 Å². The quantitative estimate of drug-likeness (QED) is 0.839. The third-order valence-electron chi connectivity index (χ3n) is 3.79. The molecule has 0 unspecified atom stereocenters. The van der Waals surface area contributed by atoms with Crippen molar-refractivity contribution in [1.82, 2.24) is 10.2 Å². The van der Waals surface area contributed by atoms with Crippen molar-refractivity contribution in [2.24, 2.45) is 0 Å². The molecule has 1 saturated heterocycles. The third-order valence-corrected chi connectivity index (χ3v) is 3.79. The number of nitrogens with zero attached hydrogens (tertiary/aromatic N) is 1. The van der Waals surface area contributed by atoms with E-state index in [1.807, 2.05) is 0 Å². The molecule has 1 fully saturated rings.